The lowest BCUT2D eigenvalue weighted by atomic mass is 9.91. The van der Waals surface area contributed by atoms with Gasteiger partial charge in [0, 0.05) is 19.0 Å². The molecule has 1 amide bonds. The Morgan fingerprint density at radius 1 is 1.24 bits per heavy atom. The first-order valence-corrected chi connectivity index (χ1v) is 7.14. The lowest BCUT2D eigenvalue weighted by molar-refractivity contribution is -0.117. The number of amides is 1. The SMILES string of the molecule is O=C1Nc2cc(Cl)c(F)cc2N2Cc3ccccc3CC12. The highest BCUT2D eigenvalue weighted by Crippen LogP contribution is 2.39. The number of hydrogen-bond donors (Lipinski definition) is 1. The first kappa shape index (κ1) is 12.7. The van der Waals surface area contributed by atoms with Gasteiger partial charge in [-0.25, -0.2) is 4.39 Å². The van der Waals surface area contributed by atoms with Crippen LogP contribution in [0.25, 0.3) is 0 Å². The van der Waals surface area contributed by atoms with Gasteiger partial charge in [0.25, 0.3) is 0 Å². The molecule has 0 aromatic heterocycles. The molecule has 0 saturated carbocycles. The molecule has 1 N–H and O–H groups in total. The van der Waals surface area contributed by atoms with E-state index in [1.165, 1.54) is 23.3 Å². The summed E-state index contributed by atoms with van der Waals surface area (Å²) >= 11 is 5.80. The molecule has 2 heterocycles. The number of fused-ring (bicyclic) bond motifs is 4. The molecule has 21 heavy (non-hydrogen) atoms. The van der Waals surface area contributed by atoms with Gasteiger partial charge in [-0.15, -0.1) is 0 Å². The molecule has 106 valence electrons. The zero-order valence-electron chi connectivity index (χ0n) is 11.1. The van der Waals surface area contributed by atoms with Gasteiger partial charge in [-0.05, 0) is 17.2 Å². The second-order valence-electron chi connectivity index (χ2n) is 5.39. The van der Waals surface area contributed by atoms with E-state index in [1.807, 2.05) is 29.2 Å². The minimum absolute atomic E-state index is 0.0184. The van der Waals surface area contributed by atoms with Gasteiger partial charge in [-0.3, -0.25) is 4.79 Å². The molecule has 0 fully saturated rings. The van der Waals surface area contributed by atoms with Crippen LogP contribution in [0, 0.1) is 5.82 Å². The van der Waals surface area contributed by atoms with E-state index in [2.05, 4.69) is 5.32 Å². The summed E-state index contributed by atoms with van der Waals surface area (Å²) in [6.45, 7) is 0.600. The first-order valence-electron chi connectivity index (χ1n) is 6.77. The lowest BCUT2D eigenvalue weighted by Gasteiger charge is -2.41. The van der Waals surface area contributed by atoms with Crippen LogP contribution in [0.5, 0.6) is 0 Å². The number of benzene rings is 2. The quantitative estimate of drug-likeness (QED) is 0.809. The Balaban J connectivity index is 1.85. The van der Waals surface area contributed by atoms with Crippen molar-refractivity contribution in [3.63, 3.8) is 0 Å². The van der Waals surface area contributed by atoms with Crippen LogP contribution < -0.4 is 10.2 Å². The van der Waals surface area contributed by atoms with Crippen LogP contribution in [0.3, 0.4) is 0 Å². The van der Waals surface area contributed by atoms with Crippen molar-refractivity contribution in [2.45, 2.75) is 19.0 Å². The van der Waals surface area contributed by atoms with Crippen LogP contribution in [0.1, 0.15) is 11.1 Å². The average molecular weight is 303 g/mol. The Hall–Kier alpha value is -2.07. The summed E-state index contributed by atoms with van der Waals surface area (Å²) in [4.78, 5) is 14.3. The molecular formula is C16H12ClFN2O. The molecule has 1 atom stereocenters. The van der Waals surface area contributed by atoms with Gasteiger partial charge in [-0.2, -0.15) is 0 Å². The second-order valence-corrected chi connectivity index (χ2v) is 5.80. The number of hydrogen-bond acceptors (Lipinski definition) is 2. The highest BCUT2D eigenvalue weighted by molar-refractivity contribution is 6.31. The molecule has 0 spiro atoms. The smallest absolute Gasteiger partial charge is 0.247 e. The third-order valence-corrected chi connectivity index (χ3v) is 4.45. The van der Waals surface area contributed by atoms with Crippen molar-refractivity contribution in [2.24, 2.45) is 0 Å². The fraction of sp³-hybridized carbons (Fsp3) is 0.188. The number of rotatable bonds is 0. The van der Waals surface area contributed by atoms with Crippen molar-refractivity contribution >= 4 is 28.9 Å². The summed E-state index contributed by atoms with van der Waals surface area (Å²) in [6.07, 6.45) is 0.631. The number of halogens is 2. The van der Waals surface area contributed by atoms with Crippen molar-refractivity contribution in [2.75, 3.05) is 10.2 Å². The molecule has 0 radical (unpaired) electrons. The zero-order valence-corrected chi connectivity index (χ0v) is 11.8. The maximum absolute atomic E-state index is 13.8. The molecule has 5 heteroatoms. The Labute approximate surface area is 126 Å². The maximum atomic E-state index is 13.8. The maximum Gasteiger partial charge on any atom is 0.247 e. The molecule has 4 rings (SSSR count). The standard InChI is InChI=1S/C16H12ClFN2O/c17-11-6-13-14(7-12(11)18)20-8-10-4-2-1-3-9(10)5-15(20)16(21)19-13/h1-4,6-7,15H,5,8H2,(H,19,21). The van der Waals surface area contributed by atoms with Gasteiger partial charge in [0.1, 0.15) is 11.9 Å². The molecule has 2 aliphatic rings. The fourth-order valence-electron chi connectivity index (χ4n) is 3.10. The predicted octanol–water partition coefficient (Wildman–Crippen LogP) is 3.36. The van der Waals surface area contributed by atoms with E-state index in [0.29, 0.717) is 24.3 Å². The van der Waals surface area contributed by atoms with Gasteiger partial charge in [0.15, 0.2) is 0 Å². The van der Waals surface area contributed by atoms with Crippen LogP contribution in [-0.2, 0) is 17.8 Å². The van der Waals surface area contributed by atoms with E-state index in [9.17, 15) is 9.18 Å². The minimum atomic E-state index is -0.468. The molecular weight excluding hydrogens is 291 g/mol. The van der Waals surface area contributed by atoms with Crippen molar-refractivity contribution in [1.82, 2.24) is 0 Å². The Morgan fingerprint density at radius 3 is 2.81 bits per heavy atom. The number of anilines is 2. The van der Waals surface area contributed by atoms with E-state index in [-0.39, 0.29) is 17.0 Å². The highest BCUT2D eigenvalue weighted by Gasteiger charge is 2.37. The van der Waals surface area contributed by atoms with Crippen LogP contribution >= 0.6 is 11.6 Å². The summed E-state index contributed by atoms with van der Waals surface area (Å²) < 4.78 is 13.8. The van der Waals surface area contributed by atoms with Gasteiger partial charge in [0.05, 0.1) is 16.4 Å². The first-order chi connectivity index (χ1) is 10.1. The van der Waals surface area contributed by atoms with E-state index in [0.717, 1.165) is 0 Å². The van der Waals surface area contributed by atoms with Crippen molar-refractivity contribution < 1.29 is 9.18 Å². The molecule has 0 saturated heterocycles. The van der Waals surface area contributed by atoms with Gasteiger partial charge >= 0.3 is 0 Å². The summed E-state index contributed by atoms with van der Waals surface area (Å²) in [6, 6.07) is 10.6. The third kappa shape index (κ3) is 1.90. The van der Waals surface area contributed by atoms with Crippen LogP contribution in [0.15, 0.2) is 36.4 Å². The minimum Gasteiger partial charge on any atom is -0.353 e. The number of nitrogens with zero attached hydrogens (tertiary/aromatic N) is 1. The molecule has 0 aliphatic carbocycles. The molecule has 3 nitrogen and oxygen atoms in total. The van der Waals surface area contributed by atoms with E-state index < -0.39 is 5.82 Å². The number of nitrogens with one attached hydrogen (secondary N) is 1. The molecule has 0 bridgehead atoms. The van der Waals surface area contributed by atoms with E-state index in [1.54, 1.807) is 0 Å². The molecule has 1 unspecified atom stereocenters. The largest absolute Gasteiger partial charge is 0.353 e. The Morgan fingerprint density at radius 2 is 2.00 bits per heavy atom. The molecule has 2 aromatic rings. The molecule has 2 aliphatic heterocycles. The fourth-order valence-corrected chi connectivity index (χ4v) is 3.26. The predicted molar refractivity (Wildman–Crippen MR) is 80.2 cm³/mol. The van der Waals surface area contributed by atoms with Crippen LogP contribution in [0.4, 0.5) is 15.8 Å². The summed E-state index contributed by atoms with van der Waals surface area (Å²) in [5.74, 6) is -0.538. The van der Waals surface area contributed by atoms with E-state index in [4.69, 9.17) is 11.6 Å². The van der Waals surface area contributed by atoms with Crippen LogP contribution in [-0.4, -0.2) is 11.9 Å². The number of carbonyl (C=O) groups excluding carboxylic acids is 1. The topological polar surface area (TPSA) is 32.3 Å². The van der Waals surface area contributed by atoms with Crippen molar-refractivity contribution in [1.29, 1.82) is 0 Å². The summed E-state index contributed by atoms with van der Waals surface area (Å²) in [5.41, 5.74) is 3.61. The monoisotopic (exact) mass is 302 g/mol. The normalized spacial score (nSPS) is 19.4. The lowest BCUT2D eigenvalue weighted by Crippen LogP contribution is -2.51. The summed E-state index contributed by atoms with van der Waals surface area (Å²) in [7, 11) is 0. The second kappa shape index (κ2) is 4.46. The van der Waals surface area contributed by atoms with Gasteiger partial charge in [-0.1, -0.05) is 35.9 Å². The van der Waals surface area contributed by atoms with E-state index >= 15 is 0 Å². The molecule has 2 aromatic carbocycles. The average Bonchev–Trinajstić information content (AvgIpc) is 2.48. The van der Waals surface area contributed by atoms with Gasteiger partial charge < -0.3 is 10.2 Å². The zero-order chi connectivity index (χ0) is 14.6. The van der Waals surface area contributed by atoms with Crippen LogP contribution in [0.2, 0.25) is 5.02 Å². The Bertz CT molecular complexity index is 762. The van der Waals surface area contributed by atoms with Gasteiger partial charge in [0.2, 0.25) is 5.91 Å². The van der Waals surface area contributed by atoms with Crippen molar-refractivity contribution in [3.05, 3.63) is 58.4 Å². The number of carbonyl (C=O) groups is 1. The third-order valence-electron chi connectivity index (χ3n) is 4.16. The Kier molecular flexibility index (Phi) is 2.69. The summed E-state index contributed by atoms with van der Waals surface area (Å²) in [5, 5.41) is 2.84. The highest BCUT2D eigenvalue weighted by atomic mass is 35.5. The van der Waals surface area contributed by atoms with Crippen molar-refractivity contribution in [3.8, 4) is 0 Å².